The lowest BCUT2D eigenvalue weighted by Gasteiger charge is -2.00. The van der Waals surface area contributed by atoms with Crippen molar-refractivity contribution in [2.75, 3.05) is 0 Å². The maximum absolute atomic E-state index is 5.25. The highest BCUT2D eigenvalue weighted by atomic mass is 32.2. The van der Waals surface area contributed by atoms with Crippen LogP contribution in [0, 0.1) is 0 Å². The van der Waals surface area contributed by atoms with E-state index in [4.69, 9.17) is 4.18 Å². The third kappa shape index (κ3) is 1.46. The van der Waals surface area contributed by atoms with Gasteiger partial charge in [0.2, 0.25) is 0 Å². The number of rotatable bonds is 0. The standard InChI is InChI=1S/C9H9NOS/c1-7-4-8-2-3-10-5-9(8)12-11-6-7/h2-3,5-6H,4H2,1H3. The predicted octanol–water partition coefficient (Wildman–Crippen LogP) is 2.57. The summed E-state index contributed by atoms with van der Waals surface area (Å²) >= 11 is 1.37. The summed E-state index contributed by atoms with van der Waals surface area (Å²) in [6.45, 7) is 2.07. The minimum absolute atomic E-state index is 0.963. The maximum atomic E-state index is 5.25. The topological polar surface area (TPSA) is 22.1 Å². The Morgan fingerprint density at radius 3 is 3.42 bits per heavy atom. The molecule has 0 atom stereocenters. The lowest BCUT2D eigenvalue weighted by atomic mass is 10.1. The van der Waals surface area contributed by atoms with Crippen molar-refractivity contribution in [1.82, 2.24) is 4.98 Å². The van der Waals surface area contributed by atoms with Gasteiger partial charge in [0.15, 0.2) is 0 Å². The number of hydrogen-bond acceptors (Lipinski definition) is 3. The van der Waals surface area contributed by atoms with Crippen LogP contribution >= 0.6 is 12.0 Å². The van der Waals surface area contributed by atoms with Crippen LogP contribution in [-0.4, -0.2) is 4.98 Å². The van der Waals surface area contributed by atoms with Crippen molar-refractivity contribution in [2.45, 2.75) is 18.2 Å². The van der Waals surface area contributed by atoms with Gasteiger partial charge in [-0.1, -0.05) is 0 Å². The Morgan fingerprint density at radius 1 is 1.58 bits per heavy atom. The lowest BCUT2D eigenvalue weighted by Crippen LogP contribution is -1.87. The molecule has 0 bridgehead atoms. The molecule has 0 spiro atoms. The molecule has 0 aromatic carbocycles. The largest absolute Gasteiger partial charge is 0.428 e. The molecule has 62 valence electrons. The van der Waals surface area contributed by atoms with Gasteiger partial charge in [0.05, 0.1) is 16.9 Å². The molecule has 0 N–H and O–H groups in total. The molecule has 1 aliphatic heterocycles. The maximum Gasteiger partial charge on any atom is 0.101 e. The van der Waals surface area contributed by atoms with Gasteiger partial charge < -0.3 is 4.18 Å². The molecule has 2 rings (SSSR count). The summed E-state index contributed by atoms with van der Waals surface area (Å²) in [6, 6.07) is 2.04. The van der Waals surface area contributed by atoms with Crippen molar-refractivity contribution >= 4 is 12.0 Å². The first kappa shape index (κ1) is 7.68. The van der Waals surface area contributed by atoms with Gasteiger partial charge in [-0.3, -0.25) is 4.98 Å². The van der Waals surface area contributed by atoms with Crippen LogP contribution in [-0.2, 0) is 10.6 Å². The van der Waals surface area contributed by atoms with Crippen LogP contribution in [0.3, 0.4) is 0 Å². The fraction of sp³-hybridized carbons (Fsp3) is 0.222. The van der Waals surface area contributed by atoms with Crippen molar-refractivity contribution in [1.29, 1.82) is 0 Å². The van der Waals surface area contributed by atoms with E-state index >= 15 is 0 Å². The van der Waals surface area contributed by atoms with E-state index in [-0.39, 0.29) is 0 Å². The Labute approximate surface area is 75.9 Å². The summed E-state index contributed by atoms with van der Waals surface area (Å²) in [5, 5.41) is 0. The van der Waals surface area contributed by atoms with Gasteiger partial charge in [-0.15, -0.1) is 0 Å². The summed E-state index contributed by atoms with van der Waals surface area (Å²) < 4.78 is 5.25. The van der Waals surface area contributed by atoms with Crippen LogP contribution < -0.4 is 0 Å². The summed E-state index contributed by atoms with van der Waals surface area (Å²) in [5.41, 5.74) is 2.54. The quantitative estimate of drug-likeness (QED) is 0.571. The third-order valence-corrected chi connectivity index (χ3v) is 2.47. The fourth-order valence-electron chi connectivity index (χ4n) is 1.13. The molecule has 12 heavy (non-hydrogen) atoms. The van der Waals surface area contributed by atoms with E-state index in [1.54, 1.807) is 6.26 Å². The molecule has 0 aliphatic carbocycles. The molecule has 0 amide bonds. The normalized spacial score (nSPS) is 15.6. The molecule has 0 unspecified atom stereocenters. The Hall–Kier alpha value is -0.960. The van der Waals surface area contributed by atoms with Crippen molar-refractivity contribution in [2.24, 2.45) is 0 Å². The molecule has 2 nitrogen and oxygen atoms in total. The third-order valence-electron chi connectivity index (χ3n) is 1.73. The van der Waals surface area contributed by atoms with Gasteiger partial charge in [0.1, 0.15) is 6.26 Å². The number of allylic oxidation sites excluding steroid dienone is 1. The van der Waals surface area contributed by atoms with E-state index in [0.717, 1.165) is 11.3 Å². The molecule has 1 aromatic rings. The van der Waals surface area contributed by atoms with Gasteiger partial charge >= 0.3 is 0 Å². The Bertz CT molecular complexity index is 322. The van der Waals surface area contributed by atoms with E-state index in [9.17, 15) is 0 Å². The molecule has 0 saturated carbocycles. The lowest BCUT2D eigenvalue weighted by molar-refractivity contribution is 0.560. The number of hydrogen-bond donors (Lipinski definition) is 0. The number of pyridine rings is 1. The molecule has 0 fully saturated rings. The van der Waals surface area contributed by atoms with Crippen LogP contribution in [0.4, 0.5) is 0 Å². The molecule has 0 saturated heterocycles. The number of aromatic nitrogens is 1. The van der Waals surface area contributed by atoms with Crippen LogP contribution in [0.2, 0.25) is 0 Å². The molecule has 2 heterocycles. The van der Waals surface area contributed by atoms with E-state index in [1.807, 2.05) is 18.5 Å². The van der Waals surface area contributed by atoms with Crippen LogP contribution in [0.5, 0.6) is 0 Å². The molecule has 1 aromatic heterocycles. The molecular weight excluding hydrogens is 170 g/mol. The van der Waals surface area contributed by atoms with E-state index < -0.39 is 0 Å². The molecule has 1 aliphatic rings. The number of fused-ring (bicyclic) bond motifs is 1. The Balaban J connectivity index is 2.38. The highest BCUT2D eigenvalue weighted by Gasteiger charge is 2.08. The van der Waals surface area contributed by atoms with E-state index in [2.05, 4.69) is 11.9 Å². The van der Waals surface area contributed by atoms with Crippen LogP contribution in [0.15, 0.2) is 35.2 Å². The zero-order valence-electron chi connectivity index (χ0n) is 6.78. The Morgan fingerprint density at radius 2 is 2.50 bits per heavy atom. The summed E-state index contributed by atoms with van der Waals surface area (Å²) in [5.74, 6) is 0. The van der Waals surface area contributed by atoms with Gasteiger partial charge in [-0.25, -0.2) is 0 Å². The molecule has 0 radical (unpaired) electrons. The Kier molecular flexibility index (Phi) is 2.04. The van der Waals surface area contributed by atoms with E-state index in [0.29, 0.717) is 0 Å². The van der Waals surface area contributed by atoms with Gasteiger partial charge in [0, 0.05) is 12.4 Å². The molecular formula is C9H9NOS. The van der Waals surface area contributed by atoms with Crippen molar-refractivity contribution in [3.63, 3.8) is 0 Å². The first-order valence-electron chi connectivity index (χ1n) is 3.78. The first-order valence-corrected chi connectivity index (χ1v) is 4.52. The monoisotopic (exact) mass is 179 g/mol. The second kappa shape index (κ2) is 3.19. The van der Waals surface area contributed by atoms with Crippen molar-refractivity contribution in [3.8, 4) is 0 Å². The summed E-state index contributed by atoms with van der Waals surface area (Å²) in [4.78, 5) is 5.16. The highest BCUT2D eigenvalue weighted by molar-refractivity contribution is 7.94. The smallest absolute Gasteiger partial charge is 0.101 e. The van der Waals surface area contributed by atoms with Gasteiger partial charge in [-0.05, 0) is 30.5 Å². The molecule has 3 heteroatoms. The highest BCUT2D eigenvalue weighted by Crippen LogP contribution is 2.28. The average Bonchev–Trinajstić information content (AvgIpc) is 2.25. The number of nitrogens with zero attached hydrogens (tertiary/aromatic N) is 1. The minimum Gasteiger partial charge on any atom is -0.428 e. The van der Waals surface area contributed by atoms with Gasteiger partial charge in [-0.2, -0.15) is 0 Å². The average molecular weight is 179 g/mol. The summed E-state index contributed by atoms with van der Waals surface area (Å²) in [6.07, 6.45) is 6.42. The SMILES string of the molecule is CC1=COSc2cnccc2C1. The van der Waals surface area contributed by atoms with Crippen LogP contribution in [0.25, 0.3) is 0 Å². The van der Waals surface area contributed by atoms with Crippen molar-refractivity contribution < 1.29 is 4.18 Å². The summed E-state index contributed by atoms with van der Waals surface area (Å²) in [7, 11) is 0. The second-order valence-electron chi connectivity index (χ2n) is 2.80. The van der Waals surface area contributed by atoms with Gasteiger partial charge in [0.25, 0.3) is 0 Å². The van der Waals surface area contributed by atoms with Crippen LogP contribution in [0.1, 0.15) is 12.5 Å². The van der Waals surface area contributed by atoms with Crippen molar-refractivity contribution in [3.05, 3.63) is 35.9 Å². The minimum atomic E-state index is 0.963. The second-order valence-corrected chi connectivity index (χ2v) is 3.60. The fourth-order valence-corrected chi connectivity index (χ4v) is 1.80. The van der Waals surface area contributed by atoms with E-state index in [1.165, 1.54) is 23.2 Å². The first-order chi connectivity index (χ1) is 5.86. The zero-order chi connectivity index (χ0) is 8.39. The zero-order valence-corrected chi connectivity index (χ0v) is 7.60. The predicted molar refractivity (Wildman–Crippen MR) is 48.6 cm³/mol.